The third-order valence-electron chi connectivity index (χ3n) is 2.32. The lowest BCUT2D eigenvalue weighted by Crippen LogP contribution is -2.14. The normalized spacial score (nSPS) is 12.6. The van der Waals surface area contributed by atoms with Gasteiger partial charge in [-0.25, -0.2) is 4.98 Å². The second kappa shape index (κ2) is 5.00. The third-order valence-corrected chi connectivity index (χ3v) is 3.25. The van der Waals surface area contributed by atoms with Gasteiger partial charge in [0.05, 0.1) is 5.01 Å². The van der Waals surface area contributed by atoms with E-state index in [1.54, 1.807) is 11.3 Å². The van der Waals surface area contributed by atoms with E-state index >= 15 is 0 Å². The summed E-state index contributed by atoms with van der Waals surface area (Å²) in [5, 5.41) is 3.11. The molecule has 0 aliphatic heterocycles. The van der Waals surface area contributed by atoms with Crippen LogP contribution >= 0.6 is 11.3 Å². The summed E-state index contributed by atoms with van der Waals surface area (Å²) in [5.74, 6) is 0.326. The zero-order valence-electron chi connectivity index (χ0n) is 8.34. The smallest absolute Gasteiger partial charge is 0.0971 e. The van der Waals surface area contributed by atoms with Gasteiger partial charge >= 0.3 is 0 Å². The van der Waals surface area contributed by atoms with E-state index in [-0.39, 0.29) is 0 Å². The Morgan fingerprint density at radius 3 is 2.67 bits per heavy atom. The summed E-state index contributed by atoms with van der Waals surface area (Å²) in [4.78, 5) is 8.30. The van der Waals surface area contributed by atoms with E-state index in [1.807, 2.05) is 36.1 Å². The molecule has 2 N–H and O–H groups in total. The molecule has 0 saturated carbocycles. The SMILES string of the molecule is NCC(Cc1ccncc1)c1nccs1. The molecule has 0 aliphatic rings. The second-order valence-corrected chi connectivity index (χ2v) is 4.29. The van der Waals surface area contributed by atoms with Crippen LogP contribution in [0.4, 0.5) is 0 Å². The van der Waals surface area contributed by atoms with Crippen molar-refractivity contribution in [2.45, 2.75) is 12.3 Å². The van der Waals surface area contributed by atoms with Crippen LogP contribution in [0.25, 0.3) is 0 Å². The van der Waals surface area contributed by atoms with Crippen LogP contribution in [0.1, 0.15) is 16.5 Å². The fourth-order valence-electron chi connectivity index (χ4n) is 1.51. The molecule has 0 amide bonds. The first kappa shape index (κ1) is 10.3. The molecular formula is C11H13N3S. The van der Waals surface area contributed by atoms with Crippen molar-refractivity contribution >= 4 is 11.3 Å². The summed E-state index contributed by atoms with van der Waals surface area (Å²) >= 11 is 1.67. The standard InChI is InChI=1S/C11H13N3S/c12-8-10(11-14-5-6-15-11)7-9-1-3-13-4-2-9/h1-6,10H,7-8,12H2. The molecule has 4 heteroatoms. The van der Waals surface area contributed by atoms with Gasteiger partial charge in [-0.2, -0.15) is 0 Å². The number of nitrogens with zero attached hydrogens (tertiary/aromatic N) is 2. The Labute approximate surface area is 93.0 Å². The minimum absolute atomic E-state index is 0.326. The molecule has 0 spiro atoms. The average molecular weight is 219 g/mol. The third kappa shape index (κ3) is 2.61. The maximum atomic E-state index is 5.76. The van der Waals surface area contributed by atoms with Crippen LogP contribution in [0.3, 0.4) is 0 Å². The lowest BCUT2D eigenvalue weighted by atomic mass is 10.0. The summed E-state index contributed by atoms with van der Waals surface area (Å²) in [7, 11) is 0. The lowest BCUT2D eigenvalue weighted by Gasteiger charge is -2.11. The molecule has 0 aromatic carbocycles. The Balaban J connectivity index is 2.10. The summed E-state index contributed by atoms with van der Waals surface area (Å²) in [5.41, 5.74) is 7.02. The molecule has 0 saturated heterocycles. The first-order chi connectivity index (χ1) is 7.40. The van der Waals surface area contributed by atoms with E-state index in [0.717, 1.165) is 11.4 Å². The number of thiazole rings is 1. The molecule has 1 atom stereocenters. The highest BCUT2D eigenvalue weighted by Gasteiger charge is 2.12. The molecule has 2 aromatic heterocycles. The molecule has 78 valence electrons. The van der Waals surface area contributed by atoms with Crippen LogP contribution in [0, 0.1) is 0 Å². The Bertz CT molecular complexity index is 385. The highest BCUT2D eigenvalue weighted by Crippen LogP contribution is 2.21. The fraction of sp³-hybridized carbons (Fsp3) is 0.273. The van der Waals surface area contributed by atoms with Crippen molar-refractivity contribution < 1.29 is 0 Å². The van der Waals surface area contributed by atoms with Crippen molar-refractivity contribution in [3.8, 4) is 0 Å². The van der Waals surface area contributed by atoms with Gasteiger partial charge in [0.15, 0.2) is 0 Å². The average Bonchev–Trinajstić information content (AvgIpc) is 2.81. The van der Waals surface area contributed by atoms with Gasteiger partial charge in [-0.05, 0) is 24.1 Å². The quantitative estimate of drug-likeness (QED) is 0.853. The van der Waals surface area contributed by atoms with Crippen LogP contribution in [-0.2, 0) is 6.42 Å². The maximum absolute atomic E-state index is 5.76. The predicted octanol–water partition coefficient (Wildman–Crippen LogP) is 1.82. The molecule has 0 radical (unpaired) electrons. The van der Waals surface area contributed by atoms with Crippen molar-refractivity contribution in [1.82, 2.24) is 9.97 Å². The first-order valence-electron chi connectivity index (χ1n) is 4.88. The van der Waals surface area contributed by atoms with Crippen molar-refractivity contribution in [3.05, 3.63) is 46.7 Å². The fourth-order valence-corrected chi connectivity index (χ4v) is 2.27. The number of nitrogens with two attached hydrogens (primary N) is 1. The van der Waals surface area contributed by atoms with Crippen LogP contribution in [0.15, 0.2) is 36.1 Å². The molecular weight excluding hydrogens is 206 g/mol. The second-order valence-electron chi connectivity index (χ2n) is 3.36. The highest BCUT2D eigenvalue weighted by atomic mass is 32.1. The van der Waals surface area contributed by atoms with E-state index in [9.17, 15) is 0 Å². The number of hydrogen-bond donors (Lipinski definition) is 1. The molecule has 0 fully saturated rings. The maximum Gasteiger partial charge on any atom is 0.0971 e. The summed E-state index contributed by atoms with van der Waals surface area (Å²) in [6.45, 7) is 0.635. The summed E-state index contributed by atoms with van der Waals surface area (Å²) in [6.07, 6.45) is 6.39. The van der Waals surface area contributed by atoms with Gasteiger partial charge in [-0.1, -0.05) is 0 Å². The van der Waals surface area contributed by atoms with E-state index in [2.05, 4.69) is 9.97 Å². The molecule has 2 heterocycles. The van der Waals surface area contributed by atoms with Gasteiger partial charge in [0.25, 0.3) is 0 Å². The van der Waals surface area contributed by atoms with Gasteiger partial charge in [0.2, 0.25) is 0 Å². The predicted molar refractivity (Wildman–Crippen MR) is 61.9 cm³/mol. The van der Waals surface area contributed by atoms with E-state index in [1.165, 1.54) is 5.56 Å². The summed E-state index contributed by atoms with van der Waals surface area (Å²) < 4.78 is 0. The molecule has 0 aliphatic carbocycles. The Kier molecular flexibility index (Phi) is 3.42. The first-order valence-corrected chi connectivity index (χ1v) is 5.76. The molecule has 2 aromatic rings. The Morgan fingerprint density at radius 1 is 1.27 bits per heavy atom. The molecule has 1 unspecified atom stereocenters. The minimum Gasteiger partial charge on any atom is -0.330 e. The van der Waals surface area contributed by atoms with Crippen molar-refractivity contribution in [3.63, 3.8) is 0 Å². The number of hydrogen-bond acceptors (Lipinski definition) is 4. The van der Waals surface area contributed by atoms with Crippen LogP contribution in [0.5, 0.6) is 0 Å². The van der Waals surface area contributed by atoms with Gasteiger partial charge in [-0.15, -0.1) is 11.3 Å². The molecule has 0 bridgehead atoms. The van der Waals surface area contributed by atoms with Crippen LogP contribution in [-0.4, -0.2) is 16.5 Å². The molecule has 3 nitrogen and oxygen atoms in total. The van der Waals surface area contributed by atoms with Gasteiger partial charge in [0, 0.05) is 36.4 Å². The Morgan fingerprint density at radius 2 is 2.07 bits per heavy atom. The monoisotopic (exact) mass is 219 g/mol. The lowest BCUT2D eigenvalue weighted by molar-refractivity contribution is 0.688. The van der Waals surface area contributed by atoms with Crippen molar-refractivity contribution in [1.29, 1.82) is 0 Å². The molecule has 15 heavy (non-hydrogen) atoms. The van der Waals surface area contributed by atoms with Crippen molar-refractivity contribution in [2.75, 3.05) is 6.54 Å². The van der Waals surface area contributed by atoms with Crippen molar-refractivity contribution in [2.24, 2.45) is 5.73 Å². The minimum atomic E-state index is 0.326. The molecule has 2 rings (SSSR count). The number of pyridine rings is 1. The van der Waals surface area contributed by atoms with E-state index < -0.39 is 0 Å². The van der Waals surface area contributed by atoms with Gasteiger partial charge in [0.1, 0.15) is 0 Å². The largest absolute Gasteiger partial charge is 0.330 e. The number of rotatable bonds is 4. The topological polar surface area (TPSA) is 51.8 Å². The van der Waals surface area contributed by atoms with Crippen LogP contribution < -0.4 is 5.73 Å². The van der Waals surface area contributed by atoms with Crippen LogP contribution in [0.2, 0.25) is 0 Å². The summed E-state index contributed by atoms with van der Waals surface area (Å²) in [6, 6.07) is 4.05. The van der Waals surface area contributed by atoms with E-state index in [0.29, 0.717) is 12.5 Å². The zero-order valence-corrected chi connectivity index (χ0v) is 9.15. The number of aromatic nitrogens is 2. The zero-order chi connectivity index (χ0) is 10.5. The highest BCUT2D eigenvalue weighted by molar-refractivity contribution is 7.09. The Hall–Kier alpha value is -1.26. The van der Waals surface area contributed by atoms with E-state index in [4.69, 9.17) is 5.73 Å². The van der Waals surface area contributed by atoms with Gasteiger partial charge in [-0.3, -0.25) is 4.98 Å². The van der Waals surface area contributed by atoms with Gasteiger partial charge < -0.3 is 5.73 Å².